The standard InChI is InChI=1S/C17H14Cl2N2O/c18-15-6-1-12(9-16(15)19)7-8-21-11-20-10-17(21)13-2-4-14(22)5-3-13/h1-6,9-11,22H,7-8H2. The molecule has 22 heavy (non-hydrogen) atoms. The number of aryl methyl sites for hydroxylation is 2. The van der Waals surface area contributed by atoms with Crippen molar-refractivity contribution >= 4 is 23.2 Å². The average Bonchev–Trinajstić information content (AvgIpc) is 2.98. The van der Waals surface area contributed by atoms with E-state index >= 15 is 0 Å². The maximum absolute atomic E-state index is 9.38. The zero-order chi connectivity index (χ0) is 15.5. The highest BCUT2D eigenvalue weighted by molar-refractivity contribution is 6.42. The number of nitrogens with zero attached hydrogens (tertiary/aromatic N) is 2. The number of rotatable bonds is 4. The van der Waals surface area contributed by atoms with Gasteiger partial charge in [0.1, 0.15) is 5.75 Å². The number of imidazole rings is 1. The van der Waals surface area contributed by atoms with E-state index in [4.69, 9.17) is 23.2 Å². The third-order valence-corrected chi connectivity index (χ3v) is 4.24. The lowest BCUT2D eigenvalue weighted by Gasteiger charge is -2.09. The molecule has 3 rings (SSSR count). The molecule has 5 heteroatoms. The first-order valence-corrected chi connectivity index (χ1v) is 7.62. The first-order valence-electron chi connectivity index (χ1n) is 6.87. The first-order chi connectivity index (χ1) is 10.6. The minimum absolute atomic E-state index is 0.255. The molecule has 0 amide bonds. The maximum Gasteiger partial charge on any atom is 0.115 e. The average molecular weight is 333 g/mol. The Hall–Kier alpha value is -1.97. The van der Waals surface area contributed by atoms with Crippen LogP contribution in [0.1, 0.15) is 5.56 Å². The van der Waals surface area contributed by atoms with Crippen LogP contribution in [0.2, 0.25) is 10.0 Å². The number of hydrogen-bond donors (Lipinski definition) is 1. The highest BCUT2D eigenvalue weighted by Gasteiger charge is 2.06. The van der Waals surface area contributed by atoms with Crippen molar-refractivity contribution in [3.63, 3.8) is 0 Å². The summed E-state index contributed by atoms with van der Waals surface area (Å²) in [4.78, 5) is 4.22. The number of aromatic hydroxyl groups is 1. The number of hydrogen-bond acceptors (Lipinski definition) is 2. The number of halogens is 2. The van der Waals surface area contributed by atoms with Crippen LogP contribution in [0.4, 0.5) is 0 Å². The number of aromatic nitrogens is 2. The van der Waals surface area contributed by atoms with E-state index in [1.165, 1.54) is 0 Å². The number of phenols is 1. The quantitative estimate of drug-likeness (QED) is 0.744. The van der Waals surface area contributed by atoms with Crippen LogP contribution in [0.25, 0.3) is 11.3 Å². The second kappa shape index (κ2) is 6.42. The van der Waals surface area contributed by atoms with Gasteiger partial charge in [-0.25, -0.2) is 4.98 Å². The van der Waals surface area contributed by atoms with Gasteiger partial charge in [-0.3, -0.25) is 0 Å². The van der Waals surface area contributed by atoms with Crippen LogP contribution < -0.4 is 0 Å². The lowest BCUT2D eigenvalue weighted by molar-refractivity contribution is 0.475. The fourth-order valence-corrected chi connectivity index (χ4v) is 2.64. The molecule has 112 valence electrons. The number of phenolic OH excluding ortho intramolecular Hbond substituents is 1. The van der Waals surface area contributed by atoms with E-state index < -0.39 is 0 Å². The molecule has 0 saturated carbocycles. The molecule has 0 radical (unpaired) electrons. The van der Waals surface area contributed by atoms with Crippen LogP contribution in [-0.4, -0.2) is 14.7 Å². The zero-order valence-corrected chi connectivity index (χ0v) is 13.2. The highest BCUT2D eigenvalue weighted by Crippen LogP contribution is 2.24. The van der Waals surface area contributed by atoms with Crippen molar-refractivity contribution in [2.75, 3.05) is 0 Å². The Morgan fingerprint density at radius 3 is 2.50 bits per heavy atom. The maximum atomic E-state index is 9.38. The Kier molecular flexibility index (Phi) is 4.36. The molecular weight excluding hydrogens is 319 g/mol. The summed E-state index contributed by atoms with van der Waals surface area (Å²) in [6.07, 6.45) is 4.46. The SMILES string of the molecule is Oc1ccc(-c2cncn2CCc2ccc(Cl)c(Cl)c2)cc1. The Morgan fingerprint density at radius 2 is 1.77 bits per heavy atom. The third kappa shape index (κ3) is 3.26. The molecule has 0 aliphatic heterocycles. The minimum atomic E-state index is 0.255. The second-order valence-corrected chi connectivity index (χ2v) is 5.83. The fraction of sp³-hybridized carbons (Fsp3) is 0.118. The summed E-state index contributed by atoms with van der Waals surface area (Å²) < 4.78 is 2.08. The zero-order valence-electron chi connectivity index (χ0n) is 11.7. The Bertz CT molecular complexity index is 782. The highest BCUT2D eigenvalue weighted by atomic mass is 35.5. The third-order valence-electron chi connectivity index (χ3n) is 3.50. The molecule has 0 unspecified atom stereocenters. The Balaban J connectivity index is 1.77. The molecule has 3 nitrogen and oxygen atoms in total. The monoisotopic (exact) mass is 332 g/mol. The van der Waals surface area contributed by atoms with Gasteiger partial charge in [0.05, 0.1) is 28.3 Å². The molecule has 0 aliphatic carbocycles. The van der Waals surface area contributed by atoms with Crippen molar-refractivity contribution < 1.29 is 5.11 Å². The van der Waals surface area contributed by atoms with Crippen LogP contribution in [0.15, 0.2) is 55.0 Å². The molecule has 0 fully saturated rings. The van der Waals surface area contributed by atoms with Crippen LogP contribution >= 0.6 is 23.2 Å². The van der Waals surface area contributed by atoms with Gasteiger partial charge in [0, 0.05) is 12.1 Å². The van der Waals surface area contributed by atoms with E-state index in [1.54, 1.807) is 18.5 Å². The molecule has 2 aromatic carbocycles. The van der Waals surface area contributed by atoms with Crippen LogP contribution in [0.5, 0.6) is 5.75 Å². The second-order valence-electron chi connectivity index (χ2n) is 5.02. The van der Waals surface area contributed by atoms with Gasteiger partial charge in [-0.2, -0.15) is 0 Å². The van der Waals surface area contributed by atoms with Gasteiger partial charge >= 0.3 is 0 Å². The van der Waals surface area contributed by atoms with Gasteiger partial charge in [0.2, 0.25) is 0 Å². The molecule has 0 saturated heterocycles. The summed E-state index contributed by atoms with van der Waals surface area (Å²) in [6.45, 7) is 0.786. The summed E-state index contributed by atoms with van der Waals surface area (Å²) in [5, 5.41) is 10.5. The molecule has 1 heterocycles. The molecular formula is C17H14Cl2N2O. The largest absolute Gasteiger partial charge is 0.508 e. The smallest absolute Gasteiger partial charge is 0.115 e. The molecule has 3 aromatic rings. The summed E-state index contributed by atoms with van der Waals surface area (Å²) >= 11 is 12.0. The lowest BCUT2D eigenvalue weighted by Crippen LogP contribution is -2.02. The molecule has 1 aromatic heterocycles. The predicted octanol–water partition coefficient (Wildman–Crippen LogP) is 4.81. The van der Waals surface area contributed by atoms with E-state index in [-0.39, 0.29) is 5.75 Å². The van der Waals surface area contributed by atoms with Crippen LogP contribution in [-0.2, 0) is 13.0 Å². The van der Waals surface area contributed by atoms with E-state index in [0.717, 1.165) is 29.8 Å². The fourth-order valence-electron chi connectivity index (χ4n) is 2.32. The normalized spacial score (nSPS) is 10.8. The van der Waals surface area contributed by atoms with Gasteiger partial charge < -0.3 is 9.67 Å². The van der Waals surface area contributed by atoms with Crippen LogP contribution in [0, 0.1) is 0 Å². The summed E-state index contributed by atoms with van der Waals surface area (Å²) in [5.41, 5.74) is 3.16. The first kappa shape index (κ1) is 14.9. The van der Waals surface area contributed by atoms with E-state index in [0.29, 0.717) is 10.0 Å². The van der Waals surface area contributed by atoms with E-state index in [9.17, 15) is 5.11 Å². The summed E-state index contributed by atoms with van der Waals surface area (Å²) in [6, 6.07) is 12.8. The van der Waals surface area contributed by atoms with Gasteiger partial charge in [-0.1, -0.05) is 29.3 Å². The van der Waals surface area contributed by atoms with E-state index in [2.05, 4.69) is 9.55 Å². The van der Waals surface area contributed by atoms with Crippen molar-refractivity contribution in [3.8, 4) is 17.0 Å². The van der Waals surface area contributed by atoms with Gasteiger partial charge in [0.25, 0.3) is 0 Å². The van der Waals surface area contributed by atoms with Gasteiger partial charge in [-0.05, 0) is 48.4 Å². The Morgan fingerprint density at radius 1 is 1.00 bits per heavy atom. The lowest BCUT2D eigenvalue weighted by atomic mass is 10.1. The molecule has 0 atom stereocenters. The molecule has 1 N–H and O–H groups in total. The molecule has 0 spiro atoms. The van der Waals surface area contributed by atoms with Crippen molar-refractivity contribution in [1.29, 1.82) is 0 Å². The van der Waals surface area contributed by atoms with Crippen molar-refractivity contribution in [3.05, 3.63) is 70.6 Å². The van der Waals surface area contributed by atoms with Gasteiger partial charge in [-0.15, -0.1) is 0 Å². The minimum Gasteiger partial charge on any atom is -0.508 e. The van der Waals surface area contributed by atoms with E-state index in [1.807, 2.05) is 36.5 Å². The van der Waals surface area contributed by atoms with Gasteiger partial charge in [0.15, 0.2) is 0 Å². The van der Waals surface area contributed by atoms with Crippen LogP contribution in [0.3, 0.4) is 0 Å². The molecule has 0 aliphatic rings. The molecule has 0 bridgehead atoms. The predicted molar refractivity (Wildman–Crippen MR) is 89.5 cm³/mol. The van der Waals surface area contributed by atoms with Crippen molar-refractivity contribution in [2.45, 2.75) is 13.0 Å². The number of benzene rings is 2. The summed E-state index contributed by atoms with van der Waals surface area (Å²) in [5.74, 6) is 0.255. The Labute approximate surface area is 138 Å². The topological polar surface area (TPSA) is 38.1 Å². The van der Waals surface area contributed by atoms with Crippen molar-refractivity contribution in [1.82, 2.24) is 9.55 Å². The van der Waals surface area contributed by atoms with Crippen molar-refractivity contribution in [2.24, 2.45) is 0 Å². The summed E-state index contributed by atoms with van der Waals surface area (Å²) in [7, 11) is 0.